The van der Waals surface area contributed by atoms with Gasteiger partial charge in [-0.2, -0.15) is 13.2 Å². The molecule has 1 rings (SSSR count). The molecule has 0 aromatic rings. The number of nitrogens with zero attached hydrogens (tertiary/aromatic N) is 1. The molecule has 0 aromatic heterocycles. The van der Waals surface area contributed by atoms with Gasteiger partial charge in [-0.15, -0.1) is 0 Å². The zero-order chi connectivity index (χ0) is 8.48. The molecule has 0 saturated heterocycles. The summed E-state index contributed by atoms with van der Waals surface area (Å²) >= 11 is 0. The summed E-state index contributed by atoms with van der Waals surface area (Å²) in [4.78, 5) is 3.20. The van der Waals surface area contributed by atoms with E-state index in [2.05, 4.69) is 9.73 Å². The van der Waals surface area contributed by atoms with Crippen LogP contribution < -0.4 is 5.73 Å². The first-order valence-corrected chi connectivity index (χ1v) is 2.97. The topological polar surface area (TPSA) is 47.6 Å². The smallest absolute Gasteiger partial charge is 0.386 e. The van der Waals surface area contributed by atoms with Gasteiger partial charge in [0.1, 0.15) is 12.4 Å². The minimum absolute atomic E-state index is 0.00736. The van der Waals surface area contributed by atoms with Crippen molar-refractivity contribution >= 4 is 5.84 Å². The van der Waals surface area contributed by atoms with E-state index >= 15 is 0 Å². The van der Waals surface area contributed by atoms with Crippen molar-refractivity contribution < 1.29 is 17.9 Å². The number of rotatable bonds is 0. The lowest BCUT2D eigenvalue weighted by Crippen LogP contribution is -2.39. The third-order valence-electron chi connectivity index (χ3n) is 1.23. The third-order valence-corrected chi connectivity index (χ3v) is 1.23. The van der Waals surface area contributed by atoms with Crippen LogP contribution in [0.25, 0.3) is 0 Å². The molecule has 1 aliphatic heterocycles. The lowest BCUT2D eigenvalue weighted by molar-refractivity contribution is -0.159. The molecule has 0 amide bonds. The summed E-state index contributed by atoms with van der Waals surface area (Å²) in [5.74, 6) is -0.0985. The Kier molecular flexibility index (Phi) is 2.03. The average molecular weight is 168 g/mol. The van der Waals surface area contributed by atoms with E-state index in [1.807, 2.05) is 0 Å². The zero-order valence-electron chi connectivity index (χ0n) is 5.56. The van der Waals surface area contributed by atoms with Crippen molar-refractivity contribution in [2.45, 2.75) is 12.2 Å². The number of ether oxygens (including phenoxy) is 1. The number of nitrogens with two attached hydrogens (primary N) is 1. The molecule has 64 valence electrons. The predicted octanol–water partition coefficient (Wildman–Crippen LogP) is 0.305. The maximum atomic E-state index is 11.9. The SMILES string of the molecule is NC1=N[C@H](C(F)(F)F)COC1. The van der Waals surface area contributed by atoms with Crippen molar-refractivity contribution in [1.82, 2.24) is 0 Å². The predicted molar refractivity (Wildman–Crippen MR) is 32.3 cm³/mol. The second kappa shape index (κ2) is 2.69. The molecule has 0 radical (unpaired) electrons. The second-order valence-corrected chi connectivity index (χ2v) is 2.19. The van der Waals surface area contributed by atoms with Gasteiger partial charge in [-0.25, -0.2) is 0 Å². The molecule has 3 nitrogen and oxygen atoms in total. The van der Waals surface area contributed by atoms with Crippen LogP contribution in [0.15, 0.2) is 4.99 Å². The fourth-order valence-corrected chi connectivity index (χ4v) is 0.718. The molecule has 2 N–H and O–H groups in total. The Morgan fingerprint density at radius 3 is 2.55 bits per heavy atom. The number of amidine groups is 1. The first kappa shape index (κ1) is 8.32. The van der Waals surface area contributed by atoms with E-state index in [9.17, 15) is 13.2 Å². The van der Waals surface area contributed by atoms with Gasteiger partial charge in [0.2, 0.25) is 0 Å². The molecule has 0 aliphatic carbocycles. The van der Waals surface area contributed by atoms with Crippen molar-refractivity contribution in [3.63, 3.8) is 0 Å². The summed E-state index contributed by atoms with van der Waals surface area (Å²) in [5.41, 5.74) is 5.05. The Hall–Kier alpha value is -0.780. The van der Waals surface area contributed by atoms with Crippen LogP contribution >= 0.6 is 0 Å². The maximum absolute atomic E-state index is 11.9. The summed E-state index contributed by atoms with van der Waals surface area (Å²) in [7, 11) is 0. The maximum Gasteiger partial charge on any atom is 0.413 e. The van der Waals surface area contributed by atoms with Gasteiger partial charge in [0.05, 0.1) is 6.61 Å². The van der Waals surface area contributed by atoms with Crippen molar-refractivity contribution in [3.05, 3.63) is 0 Å². The number of halogens is 3. The number of hydrogen-bond donors (Lipinski definition) is 1. The van der Waals surface area contributed by atoms with Crippen LogP contribution in [0, 0.1) is 0 Å². The van der Waals surface area contributed by atoms with Crippen molar-refractivity contribution in [1.29, 1.82) is 0 Å². The summed E-state index contributed by atoms with van der Waals surface area (Å²) in [6.07, 6.45) is -4.34. The van der Waals surface area contributed by atoms with Crippen LogP contribution in [-0.4, -0.2) is 31.3 Å². The van der Waals surface area contributed by atoms with E-state index in [1.54, 1.807) is 0 Å². The van der Waals surface area contributed by atoms with Crippen LogP contribution in [0.1, 0.15) is 0 Å². The molecule has 0 bridgehead atoms. The highest BCUT2D eigenvalue weighted by molar-refractivity contribution is 5.82. The number of aliphatic imine (C=N–C) groups is 1. The largest absolute Gasteiger partial charge is 0.413 e. The molecule has 1 heterocycles. The fraction of sp³-hybridized carbons (Fsp3) is 0.800. The molecule has 1 aliphatic rings. The molecule has 1 atom stereocenters. The Morgan fingerprint density at radius 1 is 1.55 bits per heavy atom. The first-order valence-electron chi connectivity index (χ1n) is 2.97. The molecular weight excluding hydrogens is 161 g/mol. The summed E-state index contributed by atoms with van der Waals surface area (Å²) in [6, 6.07) is -1.78. The average Bonchev–Trinajstić information content (AvgIpc) is 1.86. The van der Waals surface area contributed by atoms with E-state index in [4.69, 9.17) is 5.73 Å². The lowest BCUT2D eigenvalue weighted by atomic mass is 10.3. The van der Waals surface area contributed by atoms with E-state index in [1.165, 1.54) is 0 Å². The first-order chi connectivity index (χ1) is 5.00. The highest BCUT2D eigenvalue weighted by Gasteiger charge is 2.41. The van der Waals surface area contributed by atoms with Gasteiger partial charge in [0.15, 0.2) is 6.04 Å². The lowest BCUT2D eigenvalue weighted by Gasteiger charge is -2.20. The fourth-order valence-electron chi connectivity index (χ4n) is 0.718. The van der Waals surface area contributed by atoms with Crippen LogP contribution in [0.4, 0.5) is 13.2 Å². The van der Waals surface area contributed by atoms with Crippen molar-refractivity contribution in [2.24, 2.45) is 10.7 Å². The normalized spacial score (nSPS) is 26.5. The summed E-state index contributed by atoms with van der Waals surface area (Å²) in [5, 5.41) is 0. The zero-order valence-corrected chi connectivity index (χ0v) is 5.56. The van der Waals surface area contributed by atoms with Crippen LogP contribution in [-0.2, 0) is 4.74 Å². The van der Waals surface area contributed by atoms with E-state index in [0.717, 1.165) is 0 Å². The molecule has 11 heavy (non-hydrogen) atoms. The monoisotopic (exact) mass is 168 g/mol. The molecule has 0 spiro atoms. The quantitative estimate of drug-likeness (QED) is 0.565. The van der Waals surface area contributed by atoms with E-state index in [0.29, 0.717) is 0 Å². The molecule has 0 fully saturated rings. The second-order valence-electron chi connectivity index (χ2n) is 2.19. The van der Waals surface area contributed by atoms with E-state index in [-0.39, 0.29) is 12.4 Å². The highest BCUT2D eigenvalue weighted by Crippen LogP contribution is 2.24. The van der Waals surface area contributed by atoms with Crippen molar-refractivity contribution in [3.8, 4) is 0 Å². The van der Waals surface area contributed by atoms with Gasteiger partial charge >= 0.3 is 6.18 Å². The summed E-state index contributed by atoms with van der Waals surface area (Å²) < 4.78 is 40.2. The molecular formula is C5H7F3N2O. The number of hydrogen-bond acceptors (Lipinski definition) is 3. The van der Waals surface area contributed by atoms with Gasteiger partial charge in [-0.05, 0) is 0 Å². The molecule has 6 heteroatoms. The van der Waals surface area contributed by atoms with Crippen LogP contribution in [0.5, 0.6) is 0 Å². The van der Waals surface area contributed by atoms with Crippen LogP contribution in [0.3, 0.4) is 0 Å². The minimum atomic E-state index is -4.34. The van der Waals surface area contributed by atoms with Gasteiger partial charge in [0, 0.05) is 0 Å². The third kappa shape index (κ3) is 2.07. The number of alkyl halides is 3. The standard InChI is InChI=1S/C5H7F3N2O/c6-5(7,8)3-1-11-2-4(9)10-3/h3H,1-2H2,(H2,9,10)/t3-/m0/s1. The Morgan fingerprint density at radius 2 is 2.18 bits per heavy atom. The molecule has 0 saturated carbocycles. The van der Waals surface area contributed by atoms with Crippen LogP contribution in [0.2, 0.25) is 0 Å². The van der Waals surface area contributed by atoms with Gasteiger partial charge in [-0.3, -0.25) is 4.99 Å². The Bertz CT molecular complexity index is 177. The minimum Gasteiger partial charge on any atom is -0.386 e. The van der Waals surface area contributed by atoms with Crippen molar-refractivity contribution in [2.75, 3.05) is 13.2 Å². The van der Waals surface area contributed by atoms with Gasteiger partial charge < -0.3 is 10.5 Å². The van der Waals surface area contributed by atoms with Gasteiger partial charge in [-0.1, -0.05) is 0 Å². The molecule has 0 unspecified atom stereocenters. The Balaban J connectivity index is 2.67. The highest BCUT2D eigenvalue weighted by atomic mass is 19.4. The Labute approximate surface area is 61.0 Å². The summed E-state index contributed by atoms with van der Waals surface area (Å²) in [6.45, 7) is -0.434. The van der Waals surface area contributed by atoms with E-state index < -0.39 is 18.8 Å². The molecule has 0 aromatic carbocycles. The van der Waals surface area contributed by atoms with Gasteiger partial charge in [0.25, 0.3) is 0 Å².